The molecule has 7 rings (SSSR count). The van der Waals surface area contributed by atoms with E-state index in [4.69, 9.17) is 16.6 Å². The summed E-state index contributed by atoms with van der Waals surface area (Å²) in [7, 11) is 0. The molecule has 3 aromatic carbocycles. The van der Waals surface area contributed by atoms with Crippen LogP contribution < -0.4 is 15.8 Å². The number of nitrogens with zero attached hydrogens (tertiary/aromatic N) is 3. The number of rotatable bonds is 2. The number of aryl methyl sites for hydroxylation is 1. The van der Waals surface area contributed by atoms with Crippen molar-refractivity contribution in [2.24, 2.45) is 17.8 Å². The van der Waals surface area contributed by atoms with Gasteiger partial charge in [0.05, 0.1) is 34.1 Å². The number of halogens is 1. The molecular weight excluding hydrogens is 500 g/mol. The Morgan fingerprint density at radius 2 is 1.68 bits per heavy atom. The van der Waals surface area contributed by atoms with Crippen molar-refractivity contribution >= 4 is 40.0 Å². The first-order valence-electron chi connectivity index (χ1n) is 12.8. The second kappa shape index (κ2) is 7.85. The van der Waals surface area contributed by atoms with Crippen LogP contribution in [0.25, 0.3) is 16.6 Å². The molecule has 2 fully saturated rings. The van der Waals surface area contributed by atoms with Crippen LogP contribution in [-0.2, 0) is 15.1 Å². The van der Waals surface area contributed by atoms with Crippen LogP contribution in [0.4, 0.5) is 5.69 Å². The maximum atomic E-state index is 14.5. The fourth-order valence-corrected chi connectivity index (χ4v) is 6.95. The van der Waals surface area contributed by atoms with E-state index in [2.05, 4.69) is 5.32 Å². The lowest BCUT2D eigenvalue weighted by molar-refractivity contribution is -0.123. The van der Waals surface area contributed by atoms with E-state index in [1.165, 1.54) is 4.90 Å². The number of hydrogen-bond donors (Lipinski definition) is 1. The molecule has 0 saturated carbocycles. The second-order valence-electron chi connectivity index (χ2n) is 10.8. The Morgan fingerprint density at radius 3 is 2.47 bits per heavy atom. The van der Waals surface area contributed by atoms with Gasteiger partial charge >= 0.3 is 0 Å². The summed E-state index contributed by atoms with van der Waals surface area (Å²) < 4.78 is 1.62. The van der Waals surface area contributed by atoms with E-state index in [9.17, 15) is 14.4 Å². The molecule has 0 bridgehead atoms. The summed E-state index contributed by atoms with van der Waals surface area (Å²) in [6, 6.07) is 19.7. The van der Waals surface area contributed by atoms with Gasteiger partial charge in [-0.15, -0.1) is 0 Å². The lowest BCUT2D eigenvalue weighted by Crippen LogP contribution is -2.51. The minimum Gasteiger partial charge on any atom is -0.296 e. The lowest BCUT2D eigenvalue weighted by Gasteiger charge is -2.32. The third-order valence-corrected chi connectivity index (χ3v) is 8.66. The number of carbonyl (C=O) groups is 2. The predicted octanol–water partition coefficient (Wildman–Crippen LogP) is 4.34. The predicted molar refractivity (Wildman–Crippen MR) is 146 cm³/mol. The first-order chi connectivity index (χ1) is 18.3. The number of benzene rings is 3. The maximum Gasteiger partial charge on any atom is 0.266 e. The topological polar surface area (TPSA) is 84.3 Å². The number of para-hydroxylation sites is 2. The standard InChI is InChI=1S/C30H25ClN4O3/c1-15(2)25-23-24(28(38)34(27(23)37)22-14-17(31)13-12-16(22)3)30(33-25)19-9-5-7-11-21(19)35-26(36)18-8-4-6-10-20(18)32-29(30)35/h4-15,23-25,33H,1-3H3/t23-,24-,25-,30-/m0/s1. The lowest BCUT2D eigenvalue weighted by atomic mass is 9.75. The molecule has 38 heavy (non-hydrogen) atoms. The Kier molecular flexibility index (Phi) is 4.82. The highest BCUT2D eigenvalue weighted by molar-refractivity contribution is 6.31. The molecule has 3 aliphatic heterocycles. The molecule has 0 aliphatic carbocycles. The molecule has 1 spiro atoms. The molecule has 0 radical (unpaired) electrons. The van der Waals surface area contributed by atoms with Gasteiger partial charge in [-0.1, -0.05) is 61.8 Å². The molecule has 4 aromatic rings. The summed E-state index contributed by atoms with van der Waals surface area (Å²) in [5, 5.41) is 4.67. The fourth-order valence-electron chi connectivity index (χ4n) is 6.79. The number of nitrogens with one attached hydrogen (secondary N) is 1. The Bertz CT molecular complexity index is 1760. The second-order valence-corrected chi connectivity index (χ2v) is 11.2. The van der Waals surface area contributed by atoms with Crippen LogP contribution >= 0.6 is 11.6 Å². The van der Waals surface area contributed by atoms with Gasteiger partial charge in [0.15, 0.2) is 0 Å². The maximum absolute atomic E-state index is 14.5. The first kappa shape index (κ1) is 23.3. The van der Waals surface area contributed by atoms with Crippen LogP contribution in [0.1, 0.15) is 30.8 Å². The van der Waals surface area contributed by atoms with Gasteiger partial charge in [0, 0.05) is 16.6 Å². The van der Waals surface area contributed by atoms with Gasteiger partial charge in [-0.05, 0) is 48.7 Å². The Morgan fingerprint density at radius 1 is 0.947 bits per heavy atom. The van der Waals surface area contributed by atoms with Gasteiger partial charge in [-0.2, -0.15) is 0 Å². The molecular formula is C30H25ClN4O3. The van der Waals surface area contributed by atoms with Gasteiger partial charge in [0.25, 0.3) is 5.56 Å². The van der Waals surface area contributed by atoms with Crippen molar-refractivity contribution in [3.05, 3.63) is 99.1 Å². The molecule has 0 unspecified atom stereocenters. The van der Waals surface area contributed by atoms with E-state index in [0.29, 0.717) is 33.1 Å². The van der Waals surface area contributed by atoms with Crippen molar-refractivity contribution in [2.75, 3.05) is 4.90 Å². The molecule has 8 heteroatoms. The third-order valence-electron chi connectivity index (χ3n) is 8.43. The quantitative estimate of drug-likeness (QED) is 0.394. The number of carbonyl (C=O) groups excluding carboxylic acids is 2. The van der Waals surface area contributed by atoms with Gasteiger partial charge in [-0.25, -0.2) is 9.88 Å². The summed E-state index contributed by atoms with van der Waals surface area (Å²) in [4.78, 5) is 48.8. The highest BCUT2D eigenvalue weighted by Gasteiger charge is 2.70. The van der Waals surface area contributed by atoms with Crippen molar-refractivity contribution in [1.29, 1.82) is 0 Å². The largest absolute Gasteiger partial charge is 0.296 e. The van der Waals surface area contributed by atoms with Gasteiger partial charge < -0.3 is 0 Å². The number of aromatic nitrogens is 2. The summed E-state index contributed by atoms with van der Waals surface area (Å²) in [5.74, 6) is -1.51. The zero-order valence-electron chi connectivity index (χ0n) is 21.1. The molecule has 7 nitrogen and oxygen atoms in total. The first-order valence-corrected chi connectivity index (χ1v) is 13.2. The highest BCUT2D eigenvalue weighted by atomic mass is 35.5. The number of anilines is 1. The molecule has 2 amide bonds. The molecule has 3 aliphatic rings. The Balaban J connectivity index is 1.54. The van der Waals surface area contributed by atoms with Crippen molar-refractivity contribution < 1.29 is 9.59 Å². The van der Waals surface area contributed by atoms with Crippen molar-refractivity contribution in [3.63, 3.8) is 0 Å². The van der Waals surface area contributed by atoms with Gasteiger partial charge in [0.2, 0.25) is 11.8 Å². The normalized spacial score (nSPS) is 25.5. The number of imide groups is 1. The van der Waals surface area contributed by atoms with Gasteiger partial charge in [0.1, 0.15) is 11.4 Å². The zero-order chi connectivity index (χ0) is 26.5. The van der Waals surface area contributed by atoms with E-state index in [0.717, 1.165) is 11.1 Å². The molecule has 4 heterocycles. The molecule has 1 aromatic heterocycles. The van der Waals surface area contributed by atoms with Crippen molar-refractivity contribution in [2.45, 2.75) is 32.4 Å². The Hall–Kier alpha value is -3.81. The molecule has 1 N–H and O–H groups in total. The van der Waals surface area contributed by atoms with Crippen LogP contribution in [0.5, 0.6) is 0 Å². The van der Waals surface area contributed by atoms with E-state index in [-0.39, 0.29) is 29.3 Å². The van der Waals surface area contributed by atoms with Crippen molar-refractivity contribution in [1.82, 2.24) is 14.9 Å². The van der Waals surface area contributed by atoms with Crippen LogP contribution in [0.2, 0.25) is 5.02 Å². The van der Waals surface area contributed by atoms with E-state index >= 15 is 0 Å². The van der Waals surface area contributed by atoms with Crippen molar-refractivity contribution in [3.8, 4) is 5.69 Å². The molecule has 190 valence electrons. The summed E-state index contributed by atoms with van der Waals surface area (Å²) in [6.07, 6.45) is 0. The van der Waals surface area contributed by atoms with Crippen LogP contribution in [0.15, 0.2) is 71.5 Å². The van der Waals surface area contributed by atoms with E-state index in [1.54, 1.807) is 22.8 Å². The third kappa shape index (κ3) is 2.78. The summed E-state index contributed by atoms with van der Waals surface area (Å²) in [5.41, 5.74) is 1.96. The zero-order valence-corrected chi connectivity index (χ0v) is 21.9. The van der Waals surface area contributed by atoms with Gasteiger partial charge in [-0.3, -0.25) is 24.3 Å². The highest BCUT2D eigenvalue weighted by Crippen LogP contribution is 2.56. The summed E-state index contributed by atoms with van der Waals surface area (Å²) in [6.45, 7) is 5.95. The molecule has 4 atom stereocenters. The van der Waals surface area contributed by atoms with Crippen LogP contribution in [0, 0.1) is 24.7 Å². The summed E-state index contributed by atoms with van der Waals surface area (Å²) >= 11 is 6.31. The fraction of sp³-hybridized carbons (Fsp3) is 0.267. The Labute approximate surface area is 224 Å². The molecule has 2 saturated heterocycles. The van der Waals surface area contributed by atoms with E-state index < -0.39 is 17.4 Å². The van der Waals surface area contributed by atoms with E-state index in [1.807, 2.05) is 69.3 Å². The van der Waals surface area contributed by atoms with Crippen LogP contribution in [-0.4, -0.2) is 27.4 Å². The smallest absolute Gasteiger partial charge is 0.266 e. The average molecular weight is 525 g/mol. The van der Waals surface area contributed by atoms with Crippen LogP contribution in [0.3, 0.4) is 0 Å². The minimum absolute atomic E-state index is 0.0347. The monoisotopic (exact) mass is 524 g/mol. The number of fused-ring (bicyclic) bond motifs is 8. The minimum atomic E-state index is -1.15. The SMILES string of the molecule is Cc1ccc(Cl)cc1N1C(=O)[C@H]2[C@@H](C1=O)[C@@]1(N[C@H]2C(C)C)c2ccccc2-n2c1nc1ccccc1c2=O. The number of hydrogen-bond acceptors (Lipinski definition) is 5. The number of amides is 2. The average Bonchev–Trinajstić information content (AvgIpc) is 3.50.